The molecule has 1 aromatic rings. The first kappa shape index (κ1) is 18.7. The molecule has 0 radical (unpaired) electrons. The summed E-state index contributed by atoms with van der Waals surface area (Å²) in [5.74, 6) is -0.186. The molecule has 0 spiro atoms. The van der Waals surface area contributed by atoms with Crippen LogP contribution in [0.4, 0.5) is 4.79 Å². The fourth-order valence-electron chi connectivity index (χ4n) is 4.38. The Bertz CT molecular complexity index is 808. The second kappa shape index (κ2) is 6.43. The highest BCUT2D eigenvalue weighted by atomic mass is 35.5. The van der Waals surface area contributed by atoms with E-state index in [1.165, 1.54) is 6.07 Å². The standard InChI is InChI=1S/C18H21Cl2N3O4/c1-18(27)8-22(9-18)17(26)21-6-11-4-10(5-23(11)14(25)7-21)15-13(24)3-2-12(19)16(15)20/h2-3,10-11,24,27H,4-9H2,1H3/t10-,11-/m0/s1. The lowest BCUT2D eigenvalue weighted by atomic mass is 9.95. The topological polar surface area (TPSA) is 84.3 Å². The fraction of sp³-hybridized carbons (Fsp3) is 0.556. The number of β-amino-alcohol motifs (C(OH)–C–C–N with tert-alkyl or cyclic N) is 1. The summed E-state index contributed by atoms with van der Waals surface area (Å²) in [4.78, 5) is 30.1. The smallest absolute Gasteiger partial charge is 0.320 e. The van der Waals surface area contributed by atoms with Crippen LogP contribution < -0.4 is 0 Å². The van der Waals surface area contributed by atoms with Crippen molar-refractivity contribution in [3.05, 3.63) is 27.7 Å². The molecular weight excluding hydrogens is 393 g/mol. The molecule has 27 heavy (non-hydrogen) atoms. The molecule has 4 rings (SSSR count). The zero-order chi connectivity index (χ0) is 19.5. The number of urea groups is 1. The van der Waals surface area contributed by atoms with Gasteiger partial charge in [0.15, 0.2) is 0 Å². The Morgan fingerprint density at radius 3 is 2.59 bits per heavy atom. The molecule has 1 aromatic carbocycles. The summed E-state index contributed by atoms with van der Waals surface area (Å²) in [7, 11) is 0. The zero-order valence-electron chi connectivity index (χ0n) is 14.9. The highest BCUT2D eigenvalue weighted by Gasteiger charge is 2.46. The maximum Gasteiger partial charge on any atom is 0.320 e. The molecule has 0 aliphatic carbocycles. The summed E-state index contributed by atoms with van der Waals surface area (Å²) in [5, 5.41) is 20.7. The molecule has 3 amide bonds. The number of piperazine rings is 1. The van der Waals surface area contributed by atoms with Crippen LogP contribution in [0.15, 0.2) is 12.1 Å². The molecule has 0 saturated carbocycles. The molecule has 3 fully saturated rings. The number of nitrogens with zero attached hydrogens (tertiary/aromatic N) is 3. The van der Waals surface area contributed by atoms with E-state index in [4.69, 9.17) is 23.2 Å². The number of fused-ring (bicyclic) bond motifs is 1. The third-order valence-electron chi connectivity index (χ3n) is 5.61. The van der Waals surface area contributed by atoms with Gasteiger partial charge in [0.05, 0.1) is 34.8 Å². The maximum absolute atomic E-state index is 12.6. The number of phenols is 1. The number of aliphatic hydroxyl groups is 1. The number of amides is 3. The minimum Gasteiger partial charge on any atom is -0.508 e. The number of carbonyl (C=O) groups excluding carboxylic acids is 2. The van der Waals surface area contributed by atoms with E-state index in [1.807, 2.05) is 0 Å². The van der Waals surface area contributed by atoms with Crippen molar-refractivity contribution in [1.29, 1.82) is 0 Å². The summed E-state index contributed by atoms with van der Waals surface area (Å²) in [6, 6.07) is 2.70. The van der Waals surface area contributed by atoms with Crippen molar-refractivity contribution in [2.75, 3.05) is 32.7 Å². The van der Waals surface area contributed by atoms with Crippen LogP contribution >= 0.6 is 23.2 Å². The number of rotatable bonds is 1. The van der Waals surface area contributed by atoms with E-state index in [1.54, 1.807) is 27.7 Å². The number of hydrogen-bond acceptors (Lipinski definition) is 4. The molecule has 3 aliphatic heterocycles. The number of phenolic OH excluding ortho intramolecular Hbond substituents is 1. The average molecular weight is 414 g/mol. The lowest BCUT2D eigenvalue weighted by Gasteiger charge is -2.47. The molecule has 146 valence electrons. The van der Waals surface area contributed by atoms with E-state index in [0.29, 0.717) is 35.1 Å². The molecule has 0 aromatic heterocycles. The Morgan fingerprint density at radius 1 is 1.22 bits per heavy atom. The van der Waals surface area contributed by atoms with Gasteiger partial charge in [-0.2, -0.15) is 0 Å². The van der Waals surface area contributed by atoms with Gasteiger partial charge < -0.3 is 24.9 Å². The van der Waals surface area contributed by atoms with E-state index in [9.17, 15) is 19.8 Å². The summed E-state index contributed by atoms with van der Waals surface area (Å²) in [6.07, 6.45) is 0.598. The third-order valence-corrected chi connectivity index (χ3v) is 6.43. The second-order valence-corrected chi connectivity index (χ2v) is 8.73. The minimum atomic E-state index is -0.846. The van der Waals surface area contributed by atoms with Gasteiger partial charge in [-0.05, 0) is 25.5 Å². The quantitative estimate of drug-likeness (QED) is 0.735. The van der Waals surface area contributed by atoms with Crippen LogP contribution in [0.5, 0.6) is 5.75 Å². The number of benzene rings is 1. The SMILES string of the molecule is CC1(O)CN(C(=O)N2CC(=O)N3C[C@@H](c4c(O)ccc(Cl)c4Cl)C[C@H]3C2)C1. The first-order valence-corrected chi connectivity index (χ1v) is 9.64. The molecule has 3 saturated heterocycles. The van der Waals surface area contributed by atoms with Crippen LogP contribution in [0.1, 0.15) is 24.8 Å². The molecule has 7 nitrogen and oxygen atoms in total. The lowest BCUT2D eigenvalue weighted by Crippen LogP contribution is -2.66. The van der Waals surface area contributed by atoms with Gasteiger partial charge in [0, 0.05) is 24.6 Å². The summed E-state index contributed by atoms with van der Waals surface area (Å²) >= 11 is 12.4. The van der Waals surface area contributed by atoms with Gasteiger partial charge in [-0.1, -0.05) is 23.2 Å². The number of aromatic hydroxyl groups is 1. The summed E-state index contributed by atoms with van der Waals surface area (Å²) < 4.78 is 0. The van der Waals surface area contributed by atoms with Crippen molar-refractivity contribution >= 4 is 35.1 Å². The van der Waals surface area contributed by atoms with Gasteiger partial charge in [-0.25, -0.2) is 4.79 Å². The van der Waals surface area contributed by atoms with Crippen LogP contribution in [-0.4, -0.2) is 81.2 Å². The first-order chi connectivity index (χ1) is 12.7. The molecule has 9 heteroatoms. The minimum absolute atomic E-state index is 0.0238. The first-order valence-electron chi connectivity index (χ1n) is 8.89. The Kier molecular flexibility index (Phi) is 4.44. The maximum atomic E-state index is 12.6. The summed E-state index contributed by atoms with van der Waals surface area (Å²) in [5.41, 5.74) is -0.288. The Morgan fingerprint density at radius 2 is 1.93 bits per heavy atom. The monoisotopic (exact) mass is 413 g/mol. The number of carbonyl (C=O) groups is 2. The normalized spacial score (nSPS) is 26.8. The van der Waals surface area contributed by atoms with Gasteiger partial charge >= 0.3 is 6.03 Å². The van der Waals surface area contributed by atoms with E-state index in [0.717, 1.165) is 0 Å². The fourth-order valence-corrected chi connectivity index (χ4v) is 4.86. The van der Waals surface area contributed by atoms with Crippen molar-refractivity contribution in [1.82, 2.24) is 14.7 Å². The molecule has 0 unspecified atom stereocenters. The van der Waals surface area contributed by atoms with Crippen LogP contribution in [0.3, 0.4) is 0 Å². The van der Waals surface area contributed by atoms with E-state index in [2.05, 4.69) is 0 Å². The molecule has 2 atom stereocenters. The number of halogens is 2. The molecule has 3 heterocycles. The van der Waals surface area contributed by atoms with Crippen LogP contribution in [-0.2, 0) is 4.79 Å². The second-order valence-electron chi connectivity index (χ2n) is 7.94. The predicted octanol–water partition coefficient (Wildman–Crippen LogP) is 1.89. The van der Waals surface area contributed by atoms with E-state index < -0.39 is 5.60 Å². The molecule has 3 aliphatic rings. The van der Waals surface area contributed by atoms with Gasteiger partial charge in [0.25, 0.3) is 0 Å². The Labute approximate surface area is 167 Å². The van der Waals surface area contributed by atoms with Gasteiger partial charge in [0.2, 0.25) is 5.91 Å². The summed E-state index contributed by atoms with van der Waals surface area (Å²) in [6.45, 7) is 3.13. The average Bonchev–Trinajstić information content (AvgIpc) is 3.00. The van der Waals surface area contributed by atoms with Crippen molar-refractivity contribution in [3.8, 4) is 5.75 Å². The largest absolute Gasteiger partial charge is 0.508 e. The van der Waals surface area contributed by atoms with Crippen molar-refractivity contribution < 1.29 is 19.8 Å². The van der Waals surface area contributed by atoms with Crippen LogP contribution in [0, 0.1) is 0 Å². The van der Waals surface area contributed by atoms with Crippen LogP contribution in [0.2, 0.25) is 10.0 Å². The third kappa shape index (κ3) is 3.22. The predicted molar refractivity (Wildman–Crippen MR) is 100 cm³/mol. The van der Waals surface area contributed by atoms with Gasteiger partial charge in [0.1, 0.15) is 12.3 Å². The lowest BCUT2D eigenvalue weighted by molar-refractivity contribution is -0.137. The highest BCUT2D eigenvalue weighted by molar-refractivity contribution is 6.42. The van der Waals surface area contributed by atoms with E-state index in [-0.39, 0.29) is 49.3 Å². The van der Waals surface area contributed by atoms with Gasteiger partial charge in [-0.15, -0.1) is 0 Å². The molecule has 0 bridgehead atoms. The Hall–Kier alpha value is -1.70. The van der Waals surface area contributed by atoms with Gasteiger partial charge in [-0.3, -0.25) is 4.79 Å². The van der Waals surface area contributed by atoms with Crippen molar-refractivity contribution in [2.24, 2.45) is 0 Å². The van der Waals surface area contributed by atoms with Crippen molar-refractivity contribution in [2.45, 2.75) is 30.9 Å². The number of likely N-dealkylation sites (tertiary alicyclic amines) is 1. The van der Waals surface area contributed by atoms with Crippen molar-refractivity contribution in [3.63, 3.8) is 0 Å². The Balaban J connectivity index is 1.49. The van der Waals surface area contributed by atoms with E-state index >= 15 is 0 Å². The van der Waals surface area contributed by atoms with Crippen LogP contribution in [0.25, 0.3) is 0 Å². The highest BCUT2D eigenvalue weighted by Crippen LogP contribution is 2.43. The zero-order valence-corrected chi connectivity index (χ0v) is 16.4. The molecular formula is C18H21Cl2N3O4. The molecule has 2 N–H and O–H groups in total. The number of hydrogen-bond donors (Lipinski definition) is 2.